The van der Waals surface area contributed by atoms with E-state index in [1.807, 2.05) is 12.1 Å². The fourth-order valence-electron chi connectivity index (χ4n) is 2.93. The third-order valence-corrected chi connectivity index (χ3v) is 4.11. The maximum absolute atomic E-state index is 5.45. The number of nitrogens with zero attached hydrogens (tertiary/aromatic N) is 1. The van der Waals surface area contributed by atoms with Crippen molar-refractivity contribution in [3.8, 4) is 11.5 Å². The summed E-state index contributed by atoms with van der Waals surface area (Å²) >= 11 is 0. The van der Waals surface area contributed by atoms with E-state index in [4.69, 9.17) is 9.47 Å². The highest BCUT2D eigenvalue weighted by atomic mass is 16.5. The van der Waals surface area contributed by atoms with Crippen LogP contribution in [0.2, 0.25) is 0 Å². The number of ether oxygens (including phenoxy) is 2. The fraction of sp³-hybridized carbons (Fsp3) is 0.625. The van der Waals surface area contributed by atoms with Gasteiger partial charge >= 0.3 is 0 Å². The minimum atomic E-state index is 0.713. The molecule has 0 aromatic heterocycles. The summed E-state index contributed by atoms with van der Waals surface area (Å²) in [5.41, 5.74) is 1.20. The van der Waals surface area contributed by atoms with Crippen LogP contribution in [0.15, 0.2) is 18.2 Å². The van der Waals surface area contributed by atoms with Crippen LogP contribution in [0.4, 0.5) is 0 Å². The molecule has 19 heavy (non-hydrogen) atoms. The van der Waals surface area contributed by atoms with Gasteiger partial charge in [0.05, 0.1) is 14.2 Å². The second-order valence-corrected chi connectivity index (χ2v) is 5.38. The molecule has 0 saturated heterocycles. The Morgan fingerprint density at radius 2 is 1.84 bits per heavy atom. The van der Waals surface area contributed by atoms with Crippen LogP contribution in [0, 0.1) is 0 Å². The number of benzene rings is 1. The molecule has 1 aliphatic carbocycles. The van der Waals surface area contributed by atoms with E-state index < -0.39 is 0 Å². The Balaban J connectivity index is 2.07. The first-order valence-electron chi connectivity index (χ1n) is 7.15. The lowest BCUT2D eigenvalue weighted by Crippen LogP contribution is -2.32. The predicted molar refractivity (Wildman–Crippen MR) is 77.9 cm³/mol. The summed E-state index contributed by atoms with van der Waals surface area (Å²) < 4.78 is 10.8. The van der Waals surface area contributed by atoms with Gasteiger partial charge in [-0.15, -0.1) is 0 Å². The van der Waals surface area contributed by atoms with Crippen LogP contribution in [0.5, 0.6) is 11.5 Å². The molecule has 106 valence electrons. The number of hydrogen-bond donors (Lipinski definition) is 0. The van der Waals surface area contributed by atoms with E-state index in [0.717, 1.165) is 18.0 Å². The molecule has 0 aliphatic heterocycles. The predicted octanol–water partition coefficient (Wildman–Crippen LogP) is 3.47. The van der Waals surface area contributed by atoms with Gasteiger partial charge in [0.15, 0.2) is 0 Å². The Bertz CT molecular complexity index is 400. The van der Waals surface area contributed by atoms with Crippen LogP contribution >= 0.6 is 0 Å². The van der Waals surface area contributed by atoms with E-state index in [1.165, 1.54) is 37.7 Å². The van der Waals surface area contributed by atoms with Crippen molar-refractivity contribution in [3.63, 3.8) is 0 Å². The van der Waals surface area contributed by atoms with Crippen LogP contribution < -0.4 is 9.47 Å². The van der Waals surface area contributed by atoms with Crippen molar-refractivity contribution in [3.05, 3.63) is 23.8 Å². The summed E-state index contributed by atoms with van der Waals surface area (Å²) in [6.45, 7) is 0.922. The summed E-state index contributed by atoms with van der Waals surface area (Å²) in [5.74, 6) is 1.84. The molecule has 2 rings (SSSR count). The van der Waals surface area contributed by atoms with E-state index in [2.05, 4.69) is 18.0 Å². The van der Waals surface area contributed by atoms with Crippen LogP contribution in [0.1, 0.15) is 37.7 Å². The first-order valence-corrected chi connectivity index (χ1v) is 7.15. The molecular weight excluding hydrogens is 238 g/mol. The van der Waals surface area contributed by atoms with E-state index in [1.54, 1.807) is 14.2 Å². The van der Waals surface area contributed by atoms with Crippen molar-refractivity contribution in [1.82, 2.24) is 4.90 Å². The quantitative estimate of drug-likeness (QED) is 0.812. The van der Waals surface area contributed by atoms with Crippen molar-refractivity contribution in [2.24, 2.45) is 0 Å². The van der Waals surface area contributed by atoms with Crippen molar-refractivity contribution >= 4 is 0 Å². The highest BCUT2D eigenvalue weighted by molar-refractivity contribution is 5.40. The van der Waals surface area contributed by atoms with E-state index >= 15 is 0 Å². The Morgan fingerprint density at radius 1 is 1.11 bits per heavy atom. The first kappa shape index (κ1) is 14.2. The molecule has 0 bridgehead atoms. The zero-order chi connectivity index (χ0) is 13.7. The maximum atomic E-state index is 5.45. The summed E-state index contributed by atoms with van der Waals surface area (Å²) in [6, 6.07) is 6.73. The molecule has 0 spiro atoms. The van der Waals surface area contributed by atoms with Gasteiger partial charge in [-0.05, 0) is 38.1 Å². The van der Waals surface area contributed by atoms with E-state index in [0.29, 0.717) is 6.04 Å². The van der Waals surface area contributed by atoms with Gasteiger partial charge in [-0.25, -0.2) is 0 Å². The molecule has 0 atom stereocenters. The fourth-order valence-corrected chi connectivity index (χ4v) is 2.93. The normalized spacial score (nSPS) is 16.6. The minimum absolute atomic E-state index is 0.713. The van der Waals surface area contributed by atoms with Crippen LogP contribution in [-0.2, 0) is 6.54 Å². The topological polar surface area (TPSA) is 21.7 Å². The lowest BCUT2D eigenvalue weighted by Gasteiger charge is -2.31. The summed E-state index contributed by atoms with van der Waals surface area (Å²) in [6.07, 6.45) is 6.77. The molecule has 1 saturated carbocycles. The smallest absolute Gasteiger partial charge is 0.123 e. The molecule has 0 radical (unpaired) electrons. The molecular formula is C16H25NO2. The molecule has 0 heterocycles. The number of rotatable bonds is 5. The molecule has 0 unspecified atom stereocenters. The first-order chi connectivity index (χ1) is 9.24. The van der Waals surface area contributed by atoms with Gasteiger partial charge in [0.25, 0.3) is 0 Å². The van der Waals surface area contributed by atoms with Gasteiger partial charge in [-0.3, -0.25) is 4.90 Å². The largest absolute Gasteiger partial charge is 0.497 e. The van der Waals surface area contributed by atoms with Gasteiger partial charge in [0, 0.05) is 18.2 Å². The Kier molecular flexibility index (Phi) is 5.08. The summed E-state index contributed by atoms with van der Waals surface area (Å²) in [5, 5.41) is 0. The molecule has 1 fully saturated rings. The average Bonchev–Trinajstić information content (AvgIpc) is 2.48. The second-order valence-electron chi connectivity index (χ2n) is 5.38. The molecule has 3 nitrogen and oxygen atoms in total. The van der Waals surface area contributed by atoms with E-state index in [9.17, 15) is 0 Å². The molecule has 0 N–H and O–H groups in total. The standard InChI is InChI=1S/C16H25NO2/c1-17(14-7-5-4-6-8-14)12-13-11-15(18-2)9-10-16(13)19-3/h9-11,14H,4-8,12H2,1-3H3. The lowest BCUT2D eigenvalue weighted by molar-refractivity contribution is 0.182. The average molecular weight is 263 g/mol. The monoisotopic (exact) mass is 263 g/mol. The van der Waals surface area contributed by atoms with Crippen molar-refractivity contribution in [2.45, 2.75) is 44.7 Å². The van der Waals surface area contributed by atoms with Crippen molar-refractivity contribution in [2.75, 3.05) is 21.3 Å². The van der Waals surface area contributed by atoms with Crippen LogP contribution in [0.3, 0.4) is 0 Å². The third-order valence-electron chi connectivity index (χ3n) is 4.11. The van der Waals surface area contributed by atoms with Gasteiger partial charge in [-0.1, -0.05) is 19.3 Å². The van der Waals surface area contributed by atoms with Gasteiger partial charge in [0.1, 0.15) is 11.5 Å². The molecule has 1 aromatic carbocycles. The molecule has 1 aliphatic rings. The molecule has 0 amide bonds. The highest BCUT2D eigenvalue weighted by Crippen LogP contribution is 2.28. The van der Waals surface area contributed by atoms with E-state index in [-0.39, 0.29) is 0 Å². The van der Waals surface area contributed by atoms with Crippen LogP contribution in [-0.4, -0.2) is 32.2 Å². The summed E-state index contributed by atoms with van der Waals surface area (Å²) in [4.78, 5) is 2.45. The lowest BCUT2D eigenvalue weighted by atomic mass is 9.94. The Morgan fingerprint density at radius 3 is 2.47 bits per heavy atom. The third kappa shape index (κ3) is 3.63. The zero-order valence-electron chi connectivity index (χ0n) is 12.3. The van der Waals surface area contributed by atoms with Gasteiger partial charge < -0.3 is 9.47 Å². The molecule has 3 heteroatoms. The summed E-state index contributed by atoms with van der Waals surface area (Å²) in [7, 11) is 5.65. The Hall–Kier alpha value is -1.22. The number of hydrogen-bond acceptors (Lipinski definition) is 3. The van der Waals surface area contributed by atoms with Gasteiger partial charge in [0.2, 0.25) is 0 Å². The number of methoxy groups -OCH3 is 2. The minimum Gasteiger partial charge on any atom is -0.497 e. The van der Waals surface area contributed by atoms with Gasteiger partial charge in [-0.2, -0.15) is 0 Å². The SMILES string of the molecule is COc1ccc(OC)c(CN(C)C2CCCCC2)c1. The van der Waals surface area contributed by atoms with Crippen molar-refractivity contribution in [1.29, 1.82) is 0 Å². The maximum Gasteiger partial charge on any atom is 0.123 e. The second kappa shape index (κ2) is 6.80. The zero-order valence-corrected chi connectivity index (χ0v) is 12.3. The molecule has 1 aromatic rings. The highest BCUT2D eigenvalue weighted by Gasteiger charge is 2.19. The Labute approximate surface area is 116 Å². The van der Waals surface area contributed by atoms with Crippen molar-refractivity contribution < 1.29 is 9.47 Å². The van der Waals surface area contributed by atoms with Crippen LogP contribution in [0.25, 0.3) is 0 Å².